The summed E-state index contributed by atoms with van der Waals surface area (Å²) in [6.07, 6.45) is 4.56. The Labute approximate surface area is 150 Å². The molecule has 0 atom stereocenters. The predicted octanol–water partition coefficient (Wildman–Crippen LogP) is 1.95. The van der Waals surface area contributed by atoms with Crippen molar-refractivity contribution in [2.75, 3.05) is 41.5 Å². The molecule has 0 unspecified atom stereocenters. The zero-order valence-corrected chi connectivity index (χ0v) is 14.6. The highest BCUT2D eigenvalue weighted by Gasteiger charge is 2.27. The van der Waals surface area contributed by atoms with Crippen molar-refractivity contribution in [1.29, 1.82) is 0 Å². The van der Waals surface area contributed by atoms with Gasteiger partial charge in [0, 0.05) is 26.2 Å². The Morgan fingerprint density at radius 2 is 1.62 bits per heavy atom. The Balaban J connectivity index is 1.89. The number of aromatic amines is 1. The van der Waals surface area contributed by atoms with Gasteiger partial charge in [0.25, 0.3) is 5.56 Å². The number of benzene rings is 1. The van der Waals surface area contributed by atoms with E-state index in [1.807, 2.05) is 6.07 Å². The number of rotatable bonds is 2. The van der Waals surface area contributed by atoms with Gasteiger partial charge >= 0.3 is 0 Å². The van der Waals surface area contributed by atoms with E-state index in [2.05, 4.69) is 20.3 Å². The fraction of sp³-hybridized carbons (Fsp3) is 0.474. The highest BCUT2D eigenvalue weighted by atomic mass is 16.7. The molecule has 0 amide bonds. The summed E-state index contributed by atoms with van der Waals surface area (Å²) in [6, 6.07) is 3.82. The van der Waals surface area contributed by atoms with E-state index in [0.717, 1.165) is 63.2 Å². The molecule has 0 spiro atoms. The average Bonchev–Trinajstić information content (AvgIpc) is 3.40. The van der Waals surface area contributed by atoms with Gasteiger partial charge in [-0.15, -0.1) is 0 Å². The van der Waals surface area contributed by atoms with Gasteiger partial charge in [-0.2, -0.15) is 0 Å². The Hall–Kier alpha value is -2.54. The number of fused-ring (bicyclic) bond motifs is 2. The molecule has 3 aliphatic rings. The number of H-pyrrole nitrogens is 1. The van der Waals surface area contributed by atoms with E-state index < -0.39 is 0 Å². The van der Waals surface area contributed by atoms with Crippen molar-refractivity contribution in [3.8, 4) is 0 Å². The van der Waals surface area contributed by atoms with Crippen LogP contribution in [-0.2, 0) is 11.4 Å². The summed E-state index contributed by atoms with van der Waals surface area (Å²) in [6.45, 7) is 4.01. The first-order chi connectivity index (χ1) is 12.7. The second-order valence-electron chi connectivity index (χ2n) is 7.27. The third-order valence-electron chi connectivity index (χ3n) is 5.70. The van der Waals surface area contributed by atoms with Gasteiger partial charge in [-0.1, -0.05) is 0 Å². The summed E-state index contributed by atoms with van der Waals surface area (Å²) < 4.78 is 0. The number of hydrogen-bond acceptors (Lipinski definition) is 6. The SMILES string of the molecule is O=c1[nH]c2c(c(=O)c3c(N4CCCC4)c(N4CCCC4)ccc13)CON2. The lowest BCUT2D eigenvalue weighted by Crippen LogP contribution is -2.26. The van der Waals surface area contributed by atoms with E-state index in [4.69, 9.17) is 4.84 Å². The maximum absolute atomic E-state index is 13.4. The van der Waals surface area contributed by atoms with E-state index in [1.54, 1.807) is 6.07 Å². The summed E-state index contributed by atoms with van der Waals surface area (Å²) in [5.74, 6) is 0.381. The Kier molecular flexibility index (Phi) is 3.63. The van der Waals surface area contributed by atoms with E-state index in [0.29, 0.717) is 22.2 Å². The number of anilines is 3. The van der Waals surface area contributed by atoms with Crippen molar-refractivity contribution in [1.82, 2.24) is 4.98 Å². The van der Waals surface area contributed by atoms with Crippen LogP contribution in [0.2, 0.25) is 0 Å². The molecule has 0 radical (unpaired) electrons. The molecule has 136 valence electrons. The Morgan fingerprint density at radius 3 is 2.35 bits per heavy atom. The third kappa shape index (κ3) is 2.30. The molecule has 4 heterocycles. The van der Waals surface area contributed by atoms with Gasteiger partial charge in [-0.3, -0.25) is 14.4 Å². The summed E-state index contributed by atoms with van der Waals surface area (Å²) in [5, 5.41) is 0.988. The van der Waals surface area contributed by atoms with E-state index in [1.165, 1.54) is 0 Å². The van der Waals surface area contributed by atoms with Gasteiger partial charge in [-0.25, -0.2) is 5.48 Å². The highest BCUT2D eigenvalue weighted by molar-refractivity contribution is 6.01. The highest BCUT2D eigenvalue weighted by Crippen LogP contribution is 2.38. The van der Waals surface area contributed by atoms with Crippen LogP contribution in [-0.4, -0.2) is 31.2 Å². The smallest absolute Gasteiger partial charge is 0.257 e. The molecule has 7 nitrogen and oxygen atoms in total. The normalized spacial score (nSPS) is 19.2. The van der Waals surface area contributed by atoms with E-state index >= 15 is 0 Å². The molecule has 1 aromatic heterocycles. The minimum atomic E-state index is -0.259. The second-order valence-corrected chi connectivity index (χ2v) is 7.27. The molecule has 1 aromatic carbocycles. The molecule has 0 bridgehead atoms. The van der Waals surface area contributed by atoms with Crippen LogP contribution in [0, 0.1) is 0 Å². The molecule has 7 heteroatoms. The van der Waals surface area contributed by atoms with Crippen molar-refractivity contribution >= 4 is 28.0 Å². The lowest BCUT2D eigenvalue weighted by Gasteiger charge is -2.28. The average molecular weight is 354 g/mol. The molecule has 26 heavy (non-hydrogen) atoms. The van der Waals surface area contributed by atoms with Crippen molar-refractivity contribution in [2.24, 2.45) is 0 Å². The van der Waals surface area contributed by atoms with Gasteiger partial charge in [-0.05, 0) is 37.8 Å². The Morgan fingerprint density at radius 1 is 0.923 bits per heavy atom. The van der Waals surface area contributed by atoms with Crippen molar-refractivity contribution in [3.63, 3.8) is 0 Å². The predicted molar refractivity (Wildman–Crippen MR) is 102 cm³/mol. The van der Waals surface area contributed by atoms with Gasteiger partial charge in [0.15, 0.2) is 5.43 Å². The van der Waals surface area contributed by atoms with Crippen LogP contribution in [0.5, 0.6) is 0 Å². The van der Waals surface area contributed by atoms with Gasteiger partial charge in [0.1, 0.15) is 12.4 Å². The number of nitrogens with one attached hydrogen (secondary N) is 2. The van der Waals surface area contributed by atoms with Crippen LogP contribution in [0.4, 0.5) is 17.2 Å². The topological polar surface area (TPSA) is 77.7 Å². The quantitative estimate of drug-likeness (QED) is 0.858. The van der Waals surface area contributed by atoms with Crippen LogP contribution >= 0.6 is 0 Å². The number of hydrogen-bond donors (Lipinski definition) is 2. The summed E-state index contributed by atoms with van der Waals surface area (Å²) in [7, 11) is 0. The van der Waals surface area contributed by atoms with E-state index in [9.17, 15) is 9.59 Å². The minimum absolute atomic E-state index is 0.110. The van der Waals surface area contributed by atoms with Crippen LogP contribution in [0.25, 0.3) is 10.8 Å². The summed E-state index contributed by atoms with van der Waals surface area (Å²) in [4.78, 5) is 38.8. The van der Waals surface area contributed by atoms with Crippen molar-refractivity contribution in [2.45, 2.75) is 32.3 Å². The monoisotopic (exact) mass is 354 g/mol. The number of nitrogens with zero attached hydrogens (tertiary/aromatic N) is 2. The zero-order valence-electron chi connectivity index (χ0n) is 14.6. The van der Waals surface area contributed by atoms with Crippen LogP contribution in [0.15, 0.2) is 21.7 Å². The first kappa shape index (κ1) is 15.7. The van der Waals surface area contributed by atoms with Gasteiger partial charge in [0.05, 0.1) is 27.7 Å². The van der Waals surface area contributed by atoms with Crippen LogP contribution < -0.4 is 26.3 Å². The fourth-order valence-electron chi connectivity index (χ4n) is 4.40. The summed E-state index contributed by atoms with van der Waals surface area (Å²) >= 11 is 0. The third-order valence-corrected chi connectivity index (χ3v) is 5.70. The van der Waals surface area contributed by atoms with Gasteiger partial charge < -0.3 is 14.8 Å². The molecular formula is C19H22N4O3. The standard InChI is InChI=1S/C19H22N4O3/c24-17-13-11-26-21-18(13)20-19(25)12-5-6-14(22-7-1-2-8-22)16(15(12)17)23-9-3-4-10-23/h5-6,21H,1-4,7-11H2,(H,20,25). The first-order valence-corrected chi connectivity index (χ1v) is 9.38. The van der Waals surface area contributed by atoms with Gasteiger partial charge in [0.2, 0.25) is 0 Å². The molecule has 2 N–H and O–H groups in total. The van der Waals surface area contributed by atoms with E-state index in [-0.39, 0.29) is 17.6 Å². The molecule has 0 aliphatic carbocycles. The molecular weight excluding hydrogens is 332 g/mol. The maximum atomic E-state index is 13.4. The molecule has 5 rings (SSSR count). The largest absolute Gasteiger partial charge is 0.370 e. The Bertz CT molecular complexity index is 989. The summed E-state index contributed by atoms with van der Waals surface area (Å²) in [5.41, 5.74) is 4.80. The maximum Gasteiger partial charge on any atom is 0.257 e. The lowest BCUT2D eigenvalue weighted by atomic mass is 10.1. The minimum Gasteiger partial charge on any atom is -0.370 e. The van der Waals surface area contributed by atoms with Crippen LogP contribution in [0.1, 0.15) is 31.2 Å². The number of aromatic nitrogens is 1. The molecule has 0 saturated carbocycles. The van der Waals surface area contributed by atoms with Crippen LogP contribution in [0.3, 0.4) is 0 Å². The van der Waals surface area contributed by atoms with Crippen molar-refractivity contribution in [3.05, 3.63) is 38.3 Å². The first-order valence-electron chi connectivity index (χ1n) is 9.38. The molecule has 2 aromatic rings. The van der Waals surface area contributed by atoms with Crippen molar-refractivity contribution < 1.29 is 4.84 Å². The second kappa shape index (κ2) is 6.02. The molecule has 2 fully saturated rings. The fourth-order valence-corrected chi connectivity index (χ4v) is 4.40. The molecule has 3 aliphatic heterocycles. The zero-order chi connectivity index (χ0) is 17.7. The lowest BCUT2D eigenvalue weighted by molar-refractivity contribution is 0.201. The molecule has 2 saturated heterocycles.